The van der Waals surface area contributed by atoms with Crippen LogP contribution in [0.25, 0.3) is 0 Å². The van der Waals surface area contributed by atoms with Crippen molar-refractivity contribution in [3.8, 4) is 17.2 Å². The Bertz CT molecular complexity index is 1080. The number of carbonyl (C=O) groups is 1. The number of rotatable bonds is 8. The molecule has 1 aliphatic rings. The van der Waals surface area contributed by atoms with Crippen molar-refractivity contribution >= 4 is 21.6 Å². The van der Waals surface area contributed by atoms with Gasteiger partial charge in [-0.1, -0.05) is 13.8 Å². The lowest BCUT2D eigenvalue weighted by atomic mass is 10.0. The SMILES string of the molecule is COc1cc(COc2ccc3c(c2)NCCN([C@@H](C(=O)NO)C(C)C)S3(=O)=O)cc(OC)c1. The number of ether oxygens (including phenoxy) is 3. The maximum atomic E-state index is 13.4. The van der Waals surface area contributed by atoms with Gasteiger partial charge in [0.05, 0.1) is 19.9 Å². The minimum Gasteiger partial charge on any atom is -0.497 e. The van der Waals surface area contributed by atoms with Gasteiger partial charge in [-0.25, -0.2) is 13.9 Å². The molecule has 0 radical (unpaired) electrons. The Kier molecular flexibility index (Phi) is 7.67. The van der Waals surface area contributed by atoms with Gasteiger partial charge < -0.3 is 19.5 Å². The Balaban J connectivity index is 1.86. The Labute approximate surface area is 193 Å². The first-order valence-electron chi connectivity index (χ1n) is 10.4. The first kappa shape index (κ1) is 24.6. The number of hydrogen-bond acceptors (Lipinski definition) is 8. The highest BCUT2D eigenvalue weighted by atomic mass is 32.2. The third-order valence-electron chi connectivity index (χ3n) is 5.32. The summed E-state index contributed by atoms with van der Waals surface area (Å²) in [6.07, 6.45) is 0. The molecule has 0 bridgehead atoms. The number of fused-ring (bicyclic) bond motifs is 1. The minimum atomic E-state index is -4.01. The summed E-state index contributed by atoms with van der Waals surface area (Å²) >= 11 is 0. The molecule has 0 unspecified atom stereocenters. The van der Waals surface area contributed by atoms with Crippen LogP contribution in [0.5, 0.6) is 17.2 Å². The zero-order valence-corrected chi connectivity index (χ0v) is 19.8. The summed E-state index contributed by atoms with van der Waals surface area (Å²) in [6, 6.07) is 8.99. The lowest BCUT2D eigenvalue weighted by Gasteiger charge is -2.30. The largest absolute Gasteiger partial charge is 0.497 e. The number of amides is 1. The number of methoxy groups -OCH3 is 2. The zero-order chi connectivity index (χ0) is 24.2. The lowest BCUT2D eigenvalue weighted by Crippen LogP contribution is -2.52. The monoisotopic (exact) mass is 479 g/mol. The predicted molar refractivity (Wildman–Crippen MR) is 121 cm³/mol. The third kappa shape index (κ3) is 5.32. The summed E-state index contributed by atoms with van der Waals surface area (Å²) in [5.74, 6) is 0.616. The van der Waals surface area contributed by atoms with E-state index in [-0.39, 0.29) is 30.5 Å². The first-order valence-corrected chi connectivity index (χ1v) is 11.8. The standard InChI is InChI=1S/C22H29N3O7S/c1-14(2)21(22(26)24-27)25-8-7-23-19-12-16(5-6-20(19)33(25,28)29)32-13-15-9-17(30-3)11-18(10-15)31-4/h5-6,9-12,14,21,23,27H,7-8,13H2,1-4H3,(H,24,26)/t21-/m1/s1. The van der Waals surface area contributed by atoms with Gasteiger partial charge in [0.1, 0.15) is 34.8 Å². The Morgan fingerprint density at radius 2 is 1.79 bits per heavy atom. The Morgan fingerprint density at radius 3 is 2.36 bits per heavy atom. The quantitative estimate of drug-likeness (QED) is 0.389. The van der Waals surface area contributed by atoms with Crippen LogP contribution in [0.2, 0.25) is 0 Å². The average molecular weight is 480 g/mol. The number of sulfonamides is 1. The molecule has 1 heterocycles. The molecule has 1 atom stereocenters. The van der Waals surface area contributed by atoms with Crippen molar-refractivity contribution in [1.29, 1.82) is 0 Å². The van der Waals surface area contributed by atoms with Crippen molar-refractivity contribution < 1.29 is 32.6 Å². The lowest BCUT2D eigenvalue weighted by molar-refractivity contribution is -0.134. The Hall–Kier alpha value is -3.02. The Morgan fingerprint density at radius 1 is 1.12 bits per heavy atom. The molecular formula is C22H29N3O7S. The van der Waals surface area contributed by atoms with E-state index in [0.29, 0.717) is 22.9 Å². The van der Waals surface area contributed by atoms with Gasteiger partial charge in [0, 0.05) is 25.2 Å². The van der Waals surface area contributed by atoms with Gasteiger partial charge in [0.25, 0.3) is 5.91 Å². The van der Waals surface area contributed by atoms with E-state index in [2.05, 4.69) is 5.32 Å². The second-order valence-electron chi connectivity index (χ2n) is 7.87. The van der Waals surface area contributed by atoms with Gasteiger partial charge in [0.15, 0.2) is 0 Å². The second-order valence-corrected chi connectivity index (χ2v) is 9.73. The average Bonchev–Trinajstić information content (AvgIpc) is 2.92. The molecule has 1 aliphatic heterocycles. The van der Waals surface area contributed by atoms with Crippen LogP contribution in [-0.4, -0.2) is 57.2 Å². The molecule has 3 rings (SSSR count). The van der Waals surface area contributed by atoms with Crippen molar-refractivity contribution in [3.63, 3.8) is 0 Å². The first-order chi connectivity index (χ1) is 15.7. The number of anilines is 1. The van der Waals surface area contributed by atoms with Gasteiger partial charge in [0.2, 0.25) is 10.0 Å². The highest BCUT2D eigenvalue weighted by Crippen LogP contribution is 2.33. The van der Waals surface area contributed by atoms with E-state index in [0.717, 1.165) is 9.87 Å². The third-order valence-corrected chi connectivity index (χ3v) is 7.26. The summed E-state index contributed by atoms with van der Waals surface area (Å²) in [6.45, 7) is 4.01. The van der Waals surface area contributed by atoms with Crippen LogP contribution in [0.15, 0.2) is 41.3 Å². The smallest absolute Gasteiger partial charge is 0.262 e. The fourth-order valence-electron chi connectivity index (χ4n) is 3.75. The van der Waals surface area contributed by atoms with Crippen molar-refractivity contribution in [3.05, 3.63) is 42.0 Å². The van der Waals surface area contributed by atoms with Crippen LogP contribution in [-0.2, 0) is 21.4 Å². The molecule has 33 heavy (non-hydrogen) atoms. The summed E-state index contributed by atoms with van der Waals surface area (Å²) in [5.41, 5.74) is 2.78. The predicted octanol–water partition coefficient (Wildman–Crippen LogP) is 2.23. The van der Waals surface area contributed by atoms with E-state index in [9.17, 15) is 13.2 Å². The number of hydrogen-bond donors (Lipinski definition) is 3. The van der Waals surface area contributed by atoms with Gasteiger partial charge in [-0.3, -0.25) is 10.0 Å². The van der Waals surface area contributed by atoms with Gasteiger partial charge in [-0.15, -0.1) is 0 Å². The van der Waals surface area contributed by atoms with Gasteiger partial charge >= 0.3 is 0 Å². The van der Waals surface area contributed by atoms with Gasteiger partial charge in [-0.2, -0.15) is 4.31 Å². The number of nitrogens with zero attached hydrogens (tertiary/aromatic N) is 1. The van der Waals surface area contributed by atoms with Crippen LogP contribution >= 0.6 is 0 Å². The molecule has 3 N–H and O–H groups in total. The van der Waals surface area contributed by atoms with Crippen LogP contribution in [0.1, 0.15) is 19.4 Å². The molecule has 0 saturated heterocycles. The van der Waals surface area contributed by atoms with E-state index in [4.69, 9.17) is 19.4 Å². The number of carbonyl (C=O) groups excluding carboxylic acids is 1. The van der Waals surface area contributed by atoms with Crippen LogP contribution in [0.4, 0.5) is 5.69 Å². The molecular weight excluding hydrogens is 450 g/mol. The molecule has 0 saturated carbocycles. The normalized spacial score (nSPS) is 16.2. The zero-order valence-electron chi connectivity index (χ0n) is 19.0. The molecule has 0 fully saturated rings. The second kappa shape index (κ2) is 10.3. The summed E-state index contributed by atoms with van der Waals surface area (Å²) in [7, 11) is -0.881. The molecule has 2 aromatic rings. The fraction of sp³-hybridized carbons (Fsp3) is 0.409. The molecule has 11 heteroatoms. The summed E-state index contributed by atoms with van der Waals surface area (Å²) < 4.78 is 44.3. The van der Waals surface area contributed by atoms with Crippen LogP contribution in [0.3, 0.4) is 0 Å². The summed E-state index contributed by atoms with van der Waals surface area (Å²) in [5, 5.41) is 12.2. The number of benzene rings is 2. The molecule has 0 aromatic heterocycles. The van der Waals surface area contributed by atoms with Crippen LogP contribution < -0.4 is 25.0 Å². The number of hydroxylamine groups is 1. The molecule has 10 nitrogen and oxygen atoms in total. The fourth-order valence-corrected chi connectivity index (χ4v) is 5.62. The molecule has 1 amide bonds. The topological polar surface area (TPSA) is 126 Å². The molecule has 2 aromatic carbocycles. The summed E-state index contributed by atoms with van der Waals surface area (Å²) in [4.78, 5) is 12.2. The van der Waals surface area contributed by atoms with Crippen molar-refractivity contribution in [1.82, 2.24) is 9.79 Å². The highest BCUT2D eigenvalue weighted by molar-refractivity contribution is 7.89. The maximum Gasteiger partial charge on any atom is 0.262 e. The molecule has 0 aliphatic carbocycles. The van der Waals surface area contributed by atoms with E-state index >= 15 is 0 Å². The van der Waals surface area contributed by atoms with E-state index < -0.39 is 22.0 Å². The van der Waals surface area contributed by atoms with E-state index in [1.54, 1.807) is 51.7 Å². The maximum absolute atomic E-state index is 13.4. The molecule has 0 spiro atoms. The van der Waals surface area contributed by atoms with E-state index in [1.165, 1.54) is 6.07 Å². The number of nitrogens with one attached hydrogen (secondary N) is 2. The minimum absolute atomic E-state index is 0.0341. The van der Waals surface area contributed by atoms with Crippen molar-refractivity contribution in [2.75, 3.05) is 32.6 Å². The van der Waals surface area contributed by atoms with Crippen molar-refractivity contribution in [2.45, 2.75) is 31.4 Å². The van der Waals surface area contributed by atoms with Gasteiger partial charge in [-0.05, 0) is 35.7 Å². The highest BCUT2D eigenvalue weighted by Gasteiger charge is 2.40. The van der Waals surface area contributed by atoms with Crippen LogP contribution in [0, 0.1) is 5.92 Å². The van der Waals surface area contributed by atoms with Crippen molar-refractivity contribution in [2.24, 2.45) is 5.92 Å². The van der Waals surface area contributed by atoms with E-state index in [1.807, 2.05) is 12.1 Å². The molecule has 180 valence electrons.